The number of esters is 1. The molecule has 1 aliphatic heterocycles. The molecule has 0 saturated heterocycles. The minimum absolute atomic E-state index is 0.273. The molecule has 0 aromatic heterocycles. The predicted octanol–water partition coefficient (Wildman–Crippen LogP) is -0.897. The molecule has 1 aliphatic rings. The van der Waals surface area contributed by atoms with Crippen molar-refractivity contribution in [2.75, 3.05) is 13.3 Å². The molecule has 0 bridgehead atoms. The molecule has 1 atom stereocenters. The van der Waals surface area contributed by atoms with Crippen LogP contribution in [-0.2, 0) is 9.53 Å². The number of carbonyl (C=O) groups excluding carboxylic acids is 3. The second-order valence-corrected chi connectivity index (χ2v) is 3.97. The van der Waals surface area contributed by atoms with Crippen LogP contribution in [0.5, 0.6) is 0 Å². The average Bonchev–Trinajstić information content (AvgIpc) is 2.68. The Kier molecular flexibility index (Phi) is 3.59. The van der Waals surface area contributed by atoms with E-state index < -0.39 is 37.2 Å². The Bertz CT molecular complexity index is 508. The fourth-order valence-electron chi connectivity index (χ4n) is 1.67. The van der Waals surface area contributed by atoms with Crippen molar-refractivity contribution in [3.8, 4) is 0 Å². The van der Waals surface area contributed by atoms with Gasteiger partial charge in [0.25, 0.3) is 11.8 Å². The van der Waals surface area contributed by atoms with Crippen LogP contribution in [0.1, 0.15) is 20.7 Å². The molecule has 0 spiro atoms. The van der Waals surface area contributed by atoms with E-state index >= 15 is 0 Å². The molecule has 7 heteroatoms. The standard InChI is InChI=1S/C12H12N2O5/c13-9(5-15)12(18)19-6-14-10(16)7-3-1-2-4-8(7)11(14)17/h1-4,9,15H,5-6,13H2/t9-/m0/s1. The van der Waals surface area contributed by atoms with E-state index in [2.05, 4.69) is 0 Å². The first-order valence-electron chi connectivity index (χ1n) is 5.54. The summed E-state index contributed by atoms with van der Waals surface area (Å²) in [5.74, 6) is -1.92. The van der Waals surface area contributed by atoms with Gasteiger partial charge in [-0.1, -0.05) is 12.1 Å². The quantitative estimate of drug-likeness (QED) is 0.539. The predicted molar refractivity (Wildman–Crippen MR) is 63.0 cm³/mol. The van der Waals surface area contributed by atoms with Gasteiger partial charge in [-0.05, 0) is 12.1 Å². The molecule has 2 rings (SSSR count). The number of aliphatic hydroxyl groups is 1. The maximum absolute atomic E-state index is 11.9. The lowest BCUT2D eigenvalue weighted by molar-refractivity contribution is -0.148. The number of nitrogens with zero attached hydrogens (tertiary/aromatic N) is 1. The third kappa shape index (κ3) is 2.33. The summed E-state index contributed by atoms with van der Waals surface area (Å²) >= 11 is 0. The highest BCUT2D eigenvalue weighted by molar-refractivity contribution is 6.21. The van der Waals surface area contributed by atoms with Crippen molar-refractivity contribution in [2.45, 2.75) is 6.04 Å². The van der Waals surface area contributed by atoms with Gasteiger partial charge >= 0.3 is 5.97 Å². The molecule has 0 unspecified atom stereocenters. The summed E-state index contributed by atoms with van der Waals surface area (Å²) < 4.78 is 4.71. The Labute approximate surface area is 108 Å². The molecule has 0 fully saturated rings. The fourth-order valence-corrected chi connectivity index (χ4v) is 1.67. The molecule has 0 radical (unpaired) electrons. The number of fused-ring (bicyclic) bond motifs is 1. The maximum atomic E-state index is 11.9. The molecule has 0 aliphatic carbocycles. The van der Waals surface area contributed by atoms with Crippen molar-refractivity contribution in [3.63, 3.8) is 0 Å². The van der Waals surface area contributed by atoms with Gasteiger partial charge in [0.2, 0.25) is 0 Å². The van der Waals surface area contributed by atoms with Gasteiger partial charge in [0.05, 0.1) is 17.7 Å². The minimum Gasteiger partial charge on any atom is -0.442 e. The second kappa shape index (κ2) is 5.17. The first-order chi connectivity index (χ1) is 9.06. The van der Waals surface area contributed by atoms with Crippen LogP contribution in [-0.4, -0.2) is 47.2 Å². The van der Waals surface area contributed by atoms with Crippen molar-refractivity contribution >= 4 is 17.8 Å². The summed E-state index contributed by atoms with van der Waals surface area (Å²) in [5, 5.41) is 8.67. The van der Waals surface area contributed by atoms with Gasteiger partial charge in [-0.25, -0.2) is 4.90 Å². The van der Waals surface area contributed by atoms with Crippen LogP contribution in [0.3, 0.4) is 0 Å². The van der Waals surface area contributed by atoms with E-state index in [1.54, 1.807) is 12.1 Å². The van der Waals surface area contributed by atoms with E-state index in [0.29, 0.717) is 0 Å². The SMILES string of the molecule is N[C@@H](CO)C(=O)OCN1C(=O)c2ccccc2C1=O. The number of rotatable bonds is 4. The number of carbonyl (C=O) groups is 3. The minimum atomic E-state index is -1.19. The van der Waals surface area contributed by atoms with Gasteiger partial charge in [0, 0.05) is 0 Å². The van der Waals surface area contributed by atoms with E-state index in [1.165, 1.54) is 12.1 Å². The number of imide groups is 1. The van der Waals surface area contributed by atoms with Gasteiger partial charge in [-0.3, -0.25) is 14.4 Å². The summed E-state index contributed by atoms with van der Waals surface area (Å²) in [6.45, 7) is -1.08. The lowest BCUT2D eigenvalue weighted by atomic mass is 10.1. The highest BCUT2D eigenvalue weighted by atomic mass is 16.5. The van der Waals surface area contributed by atoms with Gasteiger partial charge in [-0.2, -0.15) is 0 Å². The highest BCUT2D eigenvalue weighted by Gasteiger charge is 2.35. The highest BCUT2D eigenvalue weighted by Crippen LogP contribution is 2.21. The Morgan fingerprint density at radius 2 is 1.79 bits per heavy atom. The fraction of sp³-hybridized carbons (Fsp3) is 0.250. The first-order valence-corrected chi connectivity index (χ1v) is 5.54. The summed E-state index contributed by atoms with van der Waals surface area (Å²) in [4.78, 5) is 35.9. The molecule has 1 aromatic carbocycles. The van der Waals surface area contributed by atoms with Crippen LogP contribution in [0.4, 0.5) is 0 Å². The molecule has 2 amide bonds. The third-order valence-electron chi connectivity index (χ3n) is 2.71. The smallest absolute Gasteiger partial charge is 0.327 e. The molecule has 100 valence electrons. The third-order valence-corrected chi connectivity index (χ3v) is 2.71. The zero-order valence-corrected chi connectivity index (χ0v) is 9.91. The molecule has 19 heavy (non-hydrogen) atoms. The van der Waals surface area contributed by atoms with E-state index in [-0.39, 0.29) is 11.1 Å². The Morgan fingerprint density at radius 3 is 2.26 bits per heavy atom. The topological polar surface area (TPSA) is 110 Å². The van der Waals surface area contributed by atoms with Crippen molar-refractivity contribution in [1.29, 1.82) is 0 Å². The number of aliphatic hydroxyl groups excluding tert-OH is 1. The summed E-state index contributed by atoms with van der Waals surface area (Å²) in [6.07, 6.45) is 0. The summed E-state index contributed by atoms with van der Waals surface area (Å²) in [6, 6.07) is 5.14. The summed E-state index contributed by atoms with van der Waals surface area (Å²) in [5.41, 5.74) is 5.79. The molecule has 3 N–H and O–H groups in total. The van der Waals surface area contributed by atoms with E-state index in [4.69, 9.17) is 15.6 Å². The Balaban J connectivity index is 2.07. The van der Waals surface area contributed by atoms with E-state index in [1.807, 2.05) is 0 Å². The molecular formula is C12H12N2O5. The van der Waals surface area contributed by atoms with Crippen LogP contribution in [0.2, 0.25) is 0 Å². The van der Waals surface area contributed by atoms with Crippen molar-refractivity contribution < 1.29 is 24.2 Å². The largest absolute Gasteiger partial charge is 0.442 e. The van der Waals surface area contributed by atoms with Crippen LogP contribution in [0.25, 0.3) is 0 Å². The average molecular weight is 264 g/mol. The van der Waals surface area contributed by atoms with Gasteiger partial charge in [-0.15, -0.1) is 0 Å². The van der Waals surface area contributed by atoms with Gasteiger partial charge in [0.15, 0.2) is 6.73 Å². The number of hydrogen-bond acceptors (Lipinski definition) is 6. The number of ether oxygens (including phenoxy) is 1. The number of hydrogen-bond donors (Lipinski definition) is 2. The molecule has 1 aromatic rings. The molecular weight excluding hydrogens is 252 g/mol. The first kappa shape index (κ1) is 13.2. The van der Waals surface area contributed by atoms with Crippen molar-refractivity contribution in [2.24, 2.45) is 5.73 Å². The van der Waals surface area contributed by atoms with Crippen LogP contribution < -0.4 is 5.73 Å². The number of nitrogens with two attached hydrogens (primary N) is 1. The molecule has 1 heterocycles. The van der Waals surface area contributed by atoms with Crippen LogP contribution >= 0.6 is 0 Å². The van der Waals surface area contributed by atoms with Gasteiger partial charge in [0.1, 0.15) is 6.04 Å². The van der Waals surface area contributed by atoms with Crippen molar-refractivity contribution in [1.82, 2.24) is 4.90 Å². The monoisotopic (exact) mass is 264 g/mol. The normalized spacial score (nSPS) is 15.4. The molecule has 0 saturated carbocycles. The van der Waals surface area contributed by atoms with Gasteiger partial charge < -0.3 is 15.6 Å². The maximum Gasteiger partial charge on any atom is 0.327 e. The zero-order valence-electron chi connectivity index (χ0n) is 9.91. The Morgan fingerprint density at radius 1 is 1.26 bits per heavy atom. The lowest BCUT2D eigenvalue weighted by Gasteiger charge is -2.15. The van der Waals surface area contributed by atoms with E-state index in [0.717, 1.165) is 4.90 Å². The van der Waals surface area contributed by atoms with Crippen LogP contribution in [0, 0.1) is 0 Å². The number of benzene rings is 1. The van der Waals surface area contributed by atoms with Crippen molar-refractivity contribution in [3.05, 3.63) is 35.4 Å². The number of amides is 2. The van der Waals surface area contributed by atoms with E-state index in [9.17, 15) is 14.4 Å². The lowest BCUT2D eigenvalue weighted by Crippen LogP contribution is -2.40. The second-order valence-electron chi connectivity index (χ2n) is 3.97. The zero-order chi connectivity index (χ0) is 14.0. The molecule has 7 nitrogen and oxygen atoms in total. The van der Waals surface area contributed by atoms with Crippen LogP contribution in [0.15, 0.2) is 24.3 Å². The Hall–Kier alpha value is -2.25. The summed E-state index contributed by atoms with van der Waals surface area (Å²) in [7, 11) is 0.